The van der Waals surface area contributed by atoms with E-state index >= 15 is 0 Å². The zero-order chi connectivity index (χ0) is 45.9. The van der Waals surface area contributed by atoms with E-state index in [0.717, 1.165) is 48.7 Å². The predicted octanol–water partition coefficient (Wildman–Crippen LogP) is 9.20. The molecular formula is C52H64N8O6. The number of methoxy groups -OCH3 is 2. The van der Waals surface area contributed by atoms with Crippen LogP contribution in [0.15, 0.2) is 36.7 Å². The Morgan fingerprint density at radius 1 is 0.652 bits per heavy atom. The minimum atomic E-state index is -0.684. The van der Waals surface area contributed by atoms with Crippen LogP contribution in [0, 0.1) is 23.2 Å². The van der Waals surface area contributed by atoms with Crippen LogP contribution >= 0.6 is 0 Å². The molecule has 0 radical (unpaired) electrons. The molecule has 2 aliphatic heterocycles. The van der Waals surface area contributed by atoms with Crippen molar-refractivity contribution in [3.05, 3.63) is 70.6 Å². The molecule has 66 heavy (non-hydrogen) atoms. The molecule has 4 heterocycles. The largest absolute Gasteiger partial charge is 0.453 e. The molecule has 4 amide bonds. The highest BCUT2D eigenvalue weighted by atomic mass is 16.5. The fourth-order valence-corrected chi connectivity index (χ4v) is 14.2. The number of fused-ring (bicyclic) bond motifs is 8. The second-order valence-corrected chi connectivity index (χ2v) is 21.4. The van der Waals surface area contributed by atoms with E-state index in [1.54, 1.807) is 0 Å². The van der Waals surface area contributed by atoms with E-state index in [0.29, 0.717) is 48.1 Å². The van der Waals surface area contributed by atoms with E-state index in [4.69, 9.17) is 19.4 Å². The number of carbonyl (C=O) groups is 4. The number of benzene rings is 2. The lowest BCUT2D eigenvalue weighted by Gasteiger charge is -2.62. The minimum absolute atomic E-state index is 0.101. The number of imidazole rings is 2. The molecule has 10 atom stereocenters. The fraction of sp³-hybridized carbons (Fsp3) is 0.577. The van der Waals surface area contributed by atoms with Gasteiger partial charge in [0.25, 0.3) is 0 Å². The monoisotopic (exact) mass is 896 g/mol. The van der Waals surface area contributed by atoms with Crippen LogP contribution in [0.25, 0.3) is 33.6 Å². The van der Waals surface area contributed by atoms with Gasteiger partial charge in [0.15, 0.2) is 0 Å². The number of hydrogen-bond acceptors (Lipinski definition) is 8. The van der Waals surface area contributed by atoms with E-state index < -0.39 is 24.3 Å². The van der Waals surface area contributed by atoms with Crippen LogP contribution in [0.1, 0.15) is 162 Å². The number of likely N-dealkylation sites (tertiary alicyclic amines) is 2. The molecular weight excluding hydrogens is 833 g/mol. The van der Waals surface area contributed by atoms with Gasteiger partial charge in [0.1, 0.15) is 23.7 Å². The highest BCUT2D eigenvalue weighted by Gasteiger charge is 2.68. The topological polar surface area (TPSA) is 175 Å². The van der Waals surface area contributed by atoms with Crippen molar-refractivity contribution in [1.29, 1.82) is 0 Å². The smallest absolute Gasteiger partial charge is 0.407 e. The summed E-state index contributed by atoms with van der Waals surface area (Å²) in [6.07, 6.45) is 12.1. The zero-order valence-electron chi connectivity index (χ0n) is 39.3. The Bertz CT molecular complexity index is 2630. The number of carbonyl (C=O) groups excluding carboxylic acids is 4. The van der Waals surface area contributed by atoms with Crippen molar-refractivity contribution in [2.75, 3.05) is 27.3 Å². The van der Waals surface area contributed by atoms with Gasteiger partial charge in [-0.05, 0) is 138 Å². The van der Waals surface area contributed by atoms with Crippen LogP contribution in [0.2, 0.25) is 0 Å². The van der Waals surface area contributed by atoms with Crippen LogP contribution in [0.4, 0.5) is 9.59 Å². The molecule has 10 unspecified atom stereocenters. The summed E-state index contributed by atoms with van der Waals surface area (Å²) in [7, 11) is 2.64. The Hall–Kier alpha value is -5.66. The number of rotatable bonds is 11. The molecule has 14 heteroatoms. The number of nitrogens with one attached hydrogen (secondary N) is 4. The molecule has 5 aliphatic carbocycles. The molecule has 4 N–H and O–H groups in total. The van der Waals surface area contributed by atoms with Crippen LogP contribution in [0.5, 0.6) is 0 Å². The van der Waals surface area contributed by atoms with Gasteiger partial charge in [-0.2, -0.15) is 0 Å². The number of ether oxygens (including phenoxy) is 2. The molecule has 2 bridgehead atoms. The fourth-order valence-electron chi connectivity index (χ4n) is 14.2. The molecule has 14 nitrogen and oxygen atoms in total. The summed E-state index contributed by atoms with van der Waals surface area (Å²) in [5.74, 6) is 3.91. The van der Waals surface area contributed by atoms with Gasteiger partial charge in [0.05, 0.1) is 50.1 Å². The first kappa shape index (κ1) is 42.9. The average Bonchev–Trinajstić information content (AvgIpc) is 4.17. The number of hydrogen-bond donors (Lipinski definition) is 4. The van der Waals surface area contributed by atoms with E-state index in [1.165, 1.54) is 90.8 Å². The Labute approximate surface area is 386 Å². The van der Waals surface area contributed by atoms with E-state index in [9.17, 15) is 19.2 Å². The second kappa shape index (κ2) is 16.0. The van der Waals surface area contributed by atoms with Crippen LogP contribution < -0.4 is 10.6 Å². The van der Waals surface area contributed by atoms with Crippen LogP contribution in [0.3, 0.4) is 0 Å². The molecule has 4 aromatic rings. The number of alkyl carbamates (subject to hydrolysis) is 2. The van der Waals surface area contributed by atoms with Gasteiger partial charge in [-0.1, -0.05) is 58.9 Å². The molecule has 348 valence electrons. The lowest BCUT2D eigenvalue weighted by atomic mass is 9.41. The number of amides is 4. The van der Waals surface area contributed by atoms with Gasteiger partial charge in [-0.15, -0.1) is 0 Å². The van der Waals surface area contributed by atoms with Gasteiger partial charge in [-0.3, -0.25) is 9.59 Å². The molecule has 2 saturated heterocycles. The minimum Gasteiger partial charge on any atom is -0.453 e. The summed E-state index contributed by atoms with van der Waals surface area (Å²) < 4.78 is 9.71. The van der Waals surface area contributed by atoms with E-state index in [2.05, 4.69) is 51.8 Å². The van der Waals surface area contributed by atoms with Crippen LogP contribution in [-0.2, 0) is 19.1 Å². The summed E-state index contributed by atoms with van der Waals surface area (Å²) in [5, 5.41) is 5.54. The summed E-state index contributed by atoms with van der Waals surface area (Å²) >= 11 is 0. The number of nitrogens with zero attached hydrogens (tertiary/aromatic N) is 4. The molecule has 5 fully saturated rings. The van der Waals surface area contributed by atoms with Crippen molar-refractivity contribution in [1.82, 2.24) is 40.4 Å². The molecule has 2 aromatic heterocycles. The van der Waals surface area contributed by atoms with Crippen molar-refractivity contribution in [3.63, 3.8) is 0 Å². The quantitative estimate of drug-likeness (QED) is 0.115. The molecule has 7 aliphatic rings. The Balaban J connectivity index is 0.920. The molecule has 3 saturated carbocycles. The van der Waals surface area contributed by atoms with Gasteiger partial charge >= 0.3 is 12.2 Å². The Kier molecular flexibility index (Phi) is 10.4. The van der Waals surface area contributed by atoms with Crippen molar-refractivity contribution in [2.45, 2.75) is 140 Å². The molecule has 0 spiro atoms. The van der Waals surface area contributed by atoms with Gasteiger partial charge < -0.3 is 39.9 Å². The first-order chi connectivity index (χ1) is 31.8. The zero-order valence-corrected chi connectivity index (χ0v) is 39.3. The average molecular weight is 897 g/mol. The number of aromatic nitrogens is 4. The maximum absolute atomic E-state index is 14.0. The number of aromatic amines is 2. The normalized spacial score (nSPS) is 28.4. The van der Waals surface area contributed by atoms with Crippen LogP contribution in [-0.4, -0.2) is 93.1 Å². The van der Waals surface area contributed by atoms with Gasteiger partial charge in [0, 0.05) is 24.2 Å². The van der Waals surface area contributed by atoms with E-state index in [-0.39, 0.29) is 35.7 Å². The van der Waals surface area contributed by atoms with Crippen molar-refractivity contribution in [3.8, 4) is 33.6 Å². The Morgan fingerprint density at radius 3 is 1.53 bits per heavy atom. The lowest BCUT2D eigenvalue weighted by molar-refractivity contribution is -0.136. The highest BCUT2D eigenvalue weighted by molar-refractivity contribution is 5.88. The van der Waals surface area contributed by atoms with E-state index in [1.807, 2.05) is 49.9 Å². The maximum atomic E-state index is 14.0. The van der Waals surface area contributed by atoms with Gasteiger partial charge in [0.2, 0.25) is 11.8 Å². The maximum Gasteiger partial charge on any atom is 0.407 e. The molecule has 2 aromatic carbocycles. The standard InChI is InChI=1S/C52H64N8O6/c1-25(2)44(57-50(63)65-6)48(61)59-18-8-10-37(59)46-53-23-35(55-46)31-16-14-29(39-27-12-13-28(20-27)40(31)39)30-15-17-32(42-34-22-52(5)21-33(41(30)42)43(34)52)36-24-54-47(56-36)38-11-9-19-60(38)49(62)45(26(3)4)58-51(64)66-7/h14-17,23-28,33-34,37-38,43-45H,8-13,18-22H2,1-7H3,(H,53,55)(H,54,56)(H,57,63)(H,58,64). The highest BCUT2D eigenvalue weighted by Crippen LogP contribution is 2.79. The second-order valence-electron chi connectivity index (χ2n) is 21.4. The first-order valence-corrected chi connectivity index (χ1v) is 24.5. The van der Waals surface area contributed by atoms with Crippen molar-refractivity contribution >= 4 is 24.0 Å². The van der Waals surface area contributed by atoms with Crippen molar-refractivity contribution in [2.24, 2.45) is 23.2 Å². The van der Waals surface area contributed by atoms with Gasteiger partial charge in [-0.25, -0.2) is 19.6 Å². The third-order valence-electron chi connectivity index (χ3n) is 17.2. The first-order valence-electron chi connectivity index (χ1n) is 24.5. The van der Waals surface area contributed by atoms with Crippen molar-refractivity contribution < 1.29 is 28.7 Å². The number of H-pyrrole nitrogens is 2. The summed E-state index contributed by atoms with van der Waals surface area (Å²) in [6, 6.07) is 7.69. The third-order valence-corrected chi connectivity index (χ3v) is 17.2. The molecule has 11 rings (SSSR count). The lowest BCUT2D eigenvalue weighted by Crippen LogP contribution is -2.53. The summed E-state index contributed by atoms with van der Waals surface area (Å²) in [6.45, 7) is 11.5. The Morgan fingerprint density at radius 2 is 1.08 bits per heavy atom. The SMILES string of the molecule is COC(=O)NC(C(=O)N1CCCC1c1ncc(-c2ccc(-c3ccc(-c4cnc(C5CCCN5C(=O)C(NC(=O)OC)C(C)C)[nH]4)c4c3C3CC5(C)CC4C35)c3c2C2CCC3C2)[nH]1)C(C)C. The summed E-state index contributed by atoms with van der Waals surface area (Å²) in [4.78, 5) is 73.4. The summed E-state index contributed by atoms with van der Waals surface area (Å²) in [5.41, 5.74) is 13.6. The third kappa shape index (κ3) is 6.53. The predicted molar refractivity (Wildman–Crippen MR) is 248 cm³/mol.